The van der Waals surface area contributed by atoms with E-state index >= 15 is 0 Å². The minimum Gasteiger partial charge on any atom is -0.462 e. The van der Waals surface area contributed by atoms with Gasteiger partial charge in [0.2, 0.25) is 0 Å². The van der Waals surface area contributed by atoms with E-state index in [0.717, 1.165) is 39.3 Å². The zero-order chi connectivity index (χ0) is 14.4. The van der Waals surface area contributed by atoms with E-state index in [9.17, 15) is 9.18 Å². The number of carbonyl (C=O) groups excluding carboxylic acids is 1. The summed E-state index contributed by atoms with van der Waals surface area (Å²) in [4.78, 5) is 14.1. The van der Waals surface area contributed by atoms with Crippen LogP contribution < -0.4 is 0 Å². The number of hydrogen-bond acceptors (Lipinski definition) is 4. The van der Waals surface area contributed by atoms with Crippen LogP contribution in [0.2, 0.25) is 0 Å². The number of esters is 1. The molecule has 110 valence electrons. The zero-order valence-corrected chi connectivity index (χ0v) is 13.3. The highest BCUT2D eigenvalue weighted by atomic mass is 127. The SMILES string of the molecule is O=C(OCCCN1CCOCC1)c1ccc(F)c(I)c1. The minimum absolute atomic E-state index is 0.325. The van der Waals surface area contributed by atoms with Gasteiger partial charge in [-0.25, -0.2) is 9.18 Å². The first-order chi connectivity index (χ1) is 9.66. The molecule has 0 amide bonds. The van der Waals surface area contributed by atoms with Gasteiger partial charge in [-0.2, -0.15) is 0 Å². The van der Waals surface area contributed by atoms with Crippen molar-refractivity contribution in [3.8, 4) is 0 Å². The fourth-order valence-corrected chi connectivity index (χ4v) is 2.50. The monoisotopic (exact) mass is 393 g/mol. The summed E-state index contributed by atoms with van der Waals surface area (Å²) in [6.45, 7) is 4.69. The summed E-state index contributed by atoms with van der Waals surface area (Å²) in [7, 11) is 0. The maximum absolute atomic E-state index is 13.1. The normalized spacial score (nSPS) is 16.1. The molecule has 1 aliphatic rings. The predicted molar refractivity (Wildman–Crippen MR) is 81.3 cm³/mol. The summed E-state index contributed by atoms with van der Waals surface area (Å²) >= 11 is 1.86. The first-order valence-corrected chi connectivity index (χ1v) is 7.67. The summed E-state index contributed by atoms with van der Waals surface area (Å²) in [5.74, 6) is -0.723. The summed E-state index contributed by atoms with van der Waals surface area (Å²) in [5.41, 5.74) is 0.391. The first kappa shape index (κ1) is 15.7. The van der Waals surface area contributed by atoms with Crippen LogP contribution >= 0.6 is 22.6 Å². The highest BCUT2D eigenvalue weighted by Crippen LogP contribution is 2.13. The smallest absolute Gasteiger partial charge is 0.338 e. The third-order valence-electron chi connectivity index (χ3n) is 3.11. The molecule has 0 spiro atoms. The number of morpholine rings is 1. The molecule has 1 aromatic rings. The largest absolute Gasteiger partial charge is 0.462 e. The molecular weight excluding hydrogens is 376 g/mol. The van der Waals surface area contributed by atoms with Gasteiger partial charge in [0.25, 0.3) is 0 Å². The quantitative estimate of drug-likeness (QED) is 0.437. The van der Waals surface area contributed by atoms with Gasteiger partial charge in [0.1, 0.15) is 5.82 Å². The van der Waals surface area contributed by atoms with Crippen LogP contribution in [0.3, 0.4) is 0 Å². The highest BCUT2D eigenvalue weighted by Gasteiger charge is 2.12. The van der Waals surface area contributed by atoms with E-state index in [0.29, 0.717) is 15.7 Å². The van der Waals surface area contributed by atoms with E-state index in [1.807, 2.05) is 22.6 Å². The van der Waals surface area contributed by atoms with E-state index in [-0.39, 0.29) is 5.82 Å². The van der Waals surface area contributed by atoms with Crippen LogP contribution in [0.1, 0.15) is 16.8 Å². The van der Waals surface area contributed by atoms with Gasteiger partial charge in [0, 0.05) is 23.2 Å². The molecular formula is C14H17FINO3. The van der Waals surface area contributed by atoms with Crippen molar-refractivity contribution < 1.29 is 18.7 Å². The molecule has 0 aliphatic carbocycles. The van der Waals surface area contributed by atoms with Gasteiger partial charge >= 0.3 is 5.97 Å². The predicted octanol–water partition coefficient (Wildman–Crippen LogP) is 2.31. The third-order valence-corrected chi connectivity index (χ3v) is 3.94. The summed E-state index contributed by atoms with van der Waals surface area (Å²) in [5, 5.41) is 0. The number of carbonyl (C=O) groups is 1. The molecule has 1 aromatic carbocycles. The van der Waals surface area contributed by atoms with Crippen molar-refractivity contribution in [2.45, 2.75) is 6.42 Å². The summed E-state index contributed by atoms with van der Waals surface area (Å²) in [6.07, 6.45) is 0.796. The molecule has 0 radical (unpaired) electrons. The Balaban J connectivity index is 1.70. The maximum Gasteiger partial charge on any atom is 0.338 e. The Morgan fingerprint density at radius 3 is 2.85 bits per heavy atom. The molecule has 1 saturated heterocycles. The molecule has 0 atom stereocenters. The van der Waals surface area contributed by atoms with Crippen LogP contribution in [0.15, 0.2) is 18.2 Å². The molecule has 1 aliphatic heterocycles. The lowest BCUT2D eigenvalue weighted by Crippen LogP contribution is -2.37. The summed E-state index contributed by atoms with van der Waals surface area (Å²) < 4.78 is 24.0. The van der Waals surface area contributed by atoms with E-state index in [1.54, 1.807) is 0 Å². The van der Waals surface area contributed by atoms with E-state index in [4.69, 9.17) is 9.47 Å². The molecule has 0 bridgehead atoms. The van der Waals surface area contributed by atoms with Gasteiger partial charge in [-0.3, -0.25) is 4.90 Å². The van der Waals surface area contributed by atoms with Crippen LogP contribution in [0.4, 0.5) is 4.39 Å². The average molecular weight is 393 g/mol. The number of benzene rings is 1. The van der Waals surface area contributed by atoms with E-state index < -0.39 is 5.97 Å². The van der Waals surface area contributed by atoms with Crippen molar-refractivity contribution in [1.29, 1.82) is 0 Å². The molecule has 20 heavy (non-hydrogen) atoms. The minimum atomic E-state index is -0.398. The van der Waals surface area contributed by atoms with Crippen LogP contribution in [-0.4, -0.2) is 50.3 Å². The Bertz CT molecular complexity index is 464. The second-order valence-electron chi connectivity index (χ2n) is 4.57. The maximum atomic E-state index is 13.1. The Kier molecular flexibility index (Phi) is 6.18. The van der Waals surface area contributed by atoms with Gasteiger partial charge in [-0.05, 0) is 47.2 Å². The zero-order valence-electron chi connectivity index (χ0n) is 11.1. The number of rotatable bonds is 5. The van der Waals surface area contributed by atoms with Crippen molar-refractivity contribution in [2.24, 2.45) is 0 Å². The first-order valence-electron chi connectivity index (χ1n) is 6.59. The molecule has 2 rings (SSSR count). The standard InChI is InChI=1S/C14H17FINO3/c15-12-3-2-11(10-13(12)16)14(18)20-7-1-4-17-5-8-19-9-6-17/h2-3,10H,1,4-9H2. The number of nitrogens with zero attached hydrogens (tertiary/aromatic N) is 1. The lowest BCUT2D eigenvalue weighted by molar-refractivity contribution is 0.0298. The Morgan fingerprint density at radius 2 is 2.15 bits per heavy atom. The molecule has 0 N–H and O–H groups in total. The van der Waals surface area contributed by atoms with Crippen LogP contribution in [0.25, 0.3) is 0 Å². The van der Waals surface area contributed by atoms with Gasteiger partial charge in [-0.1, -0.05) is 0 Å². The molecule has 0 aromatic heterocycles. The van der Waals surface area contributed by atoms with Crippen LogP contribution in [0, 0.1) is 9.39 Å². The average Bonchev–Trinajstić information content (AvgIpc) is 2.47. The van der Waals surface area contributed by atoms with E-state index in [1.165, 1.54) is 18.2 Å². The second kappa shape index (κ2) is 7.90. The summed E-state index contributed by atoms with van der Waals surface area (Å²) in [6, 6.07) is 4.23. The van der Waals surface area contributed by atoms with Gasteiger partial charge < -0.3 is 9.47 Å². The van der Waals surface area contributed by atoms with Crippen molar-refractivity contribution in [2.75, 3.05) is 39.5 Å². The third kappa shape index (κ3) is 4.68. The van der Waals surface area contributed by atoms with Crippen molar-refractivity contribution in [1.82, 2.24) is 4.90 Å². The van der Waals surface area contributed by atoms with Crippen molar-refractivity contribution in [3.05, 3.63) is 33.1 Å². The second-order valence-corrected chi connectivity index (χ2v) is 5.73. The lowest BCUT2D eigenvalue weighted by atomic mass is 10.2. The topological polar surface area (TPSA) is 38.8 Å². The molecule has 6 heteroatoms. The lowest BCUT2D eigenvalue weighted by Gasteiger charge is -2.26. The fraction of sp³-hybridized carbons (Fsp3) is 0.500. The molecule has 1 fully saturated rings. The van der Waals surface area contributed by atoms with Gasteiger partial charge in [-0.15, -0.1) is 0 Å². The van der Waals surface area contributed by atoms with Crippen LogP contribution in [0.5, 0.6) is 0 Å². The van der Waals surface area contributed by atoms with E-state index in [2.05, 4.69) is 4.90 Å². The molecule has 1 heterocycles. The number of ether oxygens (including phenoxy) is 2. The Morgan fingerprint density at radius 1 is 1.40 bits per heavy atom. The van der Waals surface area contributed by atoms with Crippen molar-refractivity contribution >= 4 is 28.6 Å². The van der Waals surface area contributed by atoms with Crippen LogP contribution in [-0.2, 0) is 9.47 Å². The highest BCUT2D eigenvalue weighted by molar-refractivity contribution is 14.1. The number of halogens is 2. The molecule has 0 unspecified atom stereocenters. The van der Waals surface area contributed by atoms with Gasteiger partial charge in [0.05, 0.1) is 25.4 Å². The number of hydrogen-bond donors (Lipinski definition) is 0. The molecule has 4 nitrogen and oxygen atoms in total. The van der Waals surface area contributed by atoms with Crippen molar-refractivity contribution in [3.63, 3.8) is 0 Å². The Hall–Kier alpha value is -0.730. The Labute approximate surface area is 131 Å². The molecule has 0 saturated carbocycles. The fourth-order valence-electron chi connectivity index (χ4n) is 1.98. The van der Waals surface area contributed by atoms with Gasteiger partial charge in [0.15, 0.2) is 0 Å².